The number of nitrogens with two attached hydrogens (primary N) is 1. The summed E-state index contributed by atoms with van der Waals surface area (Å²) in [5.41, 5.74) is 2.33. The molecule has 0 aliphatic carbocycles. The predicted octanol–water partition coefficient (Wildman–Crippen LogP) is 1.85. The van der Waals surface area contributed by atoms with E-state index in [0.717, 1.165) is 0 Å². The molecule has 0 radical (unpaired) electrons. The van der Waals surface area contributed by atoms with Crippen LogP contribution in [0.4, 0.5) is 10.3 Å². The third-order valence-electron chi connectivity index (χ3n) is 2.00. The highest BCUT2D eigenvalue weighted by atomic mass is 32.2. The first-order valence-electron chi connectivity index (χ1n) is 5.50. The van der Waals surface area contributed by atoms with Gasteiger partial charge in [-0.1, -0.05) is 6.07 Å². The molecule has 8 heteroatoms. The number of nitrogen functional groups attached to an aromatic ring is 1. The van der Waals surface area contributed by atoms with Crippen molar-refractivity contribution in [1.29, 1.82) is 0 Å². The number of hydrogen-bond donors (Lipinski definition) is 2. The van der Waals surface area contributed by atoms with E-state index in [9.17, 15) is 4.39 Å². The number of anilines is 1. The summed E-state index contributed by atoms with van der Waals surface area (Å²) < 4.78 is 18.3. The smallest absolute Gasteiger partial charge is 0.322 e. The Labute approximate surface area is 113 Å². The number of rotatable bonds is 5. The molecule has 0 spiro atoms. The molecule has 1 aromatic carbocycles. The maximum absolute atomic E-state index is 13.1. The number of nitrogens with zero attached hydrogens (tertiary/aromatic N) is 3. The third kappa shape index (κ3) is 3.76. The Balaban J connectivity index is 2.26. The zero-order chi connectivity index (χ0) is 13.7. The molecule has 2 rings (SSSR count). The van der Waals surface area contributed by atoms with Crippen LogP contribution in [-0.4, -0.2) is 21.6 Å². The molecule has 0 amide bonds. The molecule has 19 heavy (non-hydrogen) atoms. The van der Waals surface area contributed by atoms with E-state index < -0.39 is 0 Å². The molecular weight excluding hydrogens is 269 g/mol. The zero-order valence-corrected chi connectivity index (χ0v) is 10.9. The Bertz CT molecular complexity index is 569. The molecule has 0 bridgehead atoms. The Kier molecular flexibility index (Phi) is 4.48. The van der Waals surface area contributed by atoms with E-state index in [1.165, 1.54) is 23.9 Å². The predicted molar refractivity (Wildman–Crippen MR) is 69.3 cm³/mol. The van der Waals surface area contributed by atoms with Crippen molar-refractivity contribution >= 4 is 17.7 Å². The van der Waals surface area contributed by atoms with Gasteiger partial charge in [-0.05, 0) is 36.9 Å². The van der Waals surface area contributed by atoms with Crippen molar-refractivity contribution in [3.8, 4) is 6.01 Å². The summed E-state index contributed by atoms with van der Waals surface area (Å²) in [5, 5.41) is 0.372. The van der Waals surface area contributed by atoms with Crippen molar-refractivity contribution in [3.05, 3.63) is 30.1 Å². The molecule has 0 saturated heterocycles. The van der Waals surface area contributed by atoms with E-state index >= 15 is 0 Å². The molecule has 6 nitrogen and oxygen atoms in total. The van der Waals surface area contributed by atoms with E-state index in [2.05, 4.69) is 20.4 Å². The molecule has 2 aromatic rings. The average molecular weight is 281 g/mol. The van der Waals surface area contributed by atoms with Gasteiger partial charge in [0.25, 0.3) is 0 Å². The van der Waals surface area contributed by atoms with Crippen LogP contribution < -0.4 is 16.0 Å². The summed E-state index contributed by atoms with van der Waals surface area (Å²) in [4.78, 5) is 12.8. The number of nitrogens with one attached hydrogen (secondary N) is 1. The molecule has 0 aliphatic heterocycles. The van der Waals surface area contributed by atoms with E-state index in [4.69, 9.17) is 10.6 Å². The summed E-state index contributed by atoms with van der Waals surface area (Å²) in [6.45, 7) is 2.25. The summed E-state index contributed by atoms with van der Waals surface area (Å²) in [7, 11) is 0. The fraction of sp³-hybridized carbons (Fsp3) is 0.182. The van der Waals surface area contributed by atoms with Gasteiger partial charge in [-0.15, -0.1) is 0 Å². The van der Waals surface area contributed by atoms with Gasteiger partial charge >= 0.3 is 6.01 Å². The molecule has 0 unspecified atom stereocenters. The summed E-state index contributed by atoms with van der Waals surface area (Å²) >= 11 is 1.19. The summed E-state index contributed by atoms with van der Waals surface area (Å²) in [6, 6.07) is 6.31. The standard InChI is InChI=1S/C11H12FN5OS/c1-2-18-10-14-9(17-13)15-11(16-10)19-8-5-3-4-7(12)6-8/h3-6H,2,13H2,1H3,(H,14,15,16,17). The minimum absolute atomic E-state index is 0.171. The average Bonchev–Trinajstić information content (AvgIpc) is 2.39. The first kappa shape index (κ1) is 13.5. The molecule has 0 saturated carbocycles. The normalized spacial score (nSPS) is 10.3. The van der Waals surface area contributed by atoms with Crippen molar-refractivity contribution in [1.82, 2.24) is 15.0 Å². The highest BCUT2D eigenvalue weighted by Crippen LogP contribution is 2.26. The molecule has 0 fully saturated rings. The number of benzene rings is 1. The number of ether oxygens (including phenoxy) is 1. The van der Waals surface area contributed by atoms with Gasteiger partial charge in [0.2, 0.25) is 11.1 Å². The molecular formula is C11H12FN5OS. The van der Waals surface area contributed by atoms with Crippen LogP contribution in [0.25, 0.3) is 0 Å². The lowest BCUT2D eigenvalue weighted by Crippen LogP contribution is -2.12. The Morgan fingerprint density at radius 3 is 2.89 bits per heavy atom. The Morgan fingerprint density at radius 2 is 2.21 bits per heavy atom. The topological polar surface area (TPSA) is 86.0 Å². The number of hydrogen-bond acceptors (Lipinski definition) is 7. The van der Waals surface area contributed by atoms with E-state index in [-0.39, 0.29) is 17.8 Å². The fourth-order valence-electron chi connectivity index (χ4n) is 1.28. The number of halogens is 1. The van der Waals surface area contributed by atoms with Gasteiger partial charge in [0.15, 0.2) is 0 Å². The van der Waals surface area contributed by atoms with Crippen LogP contribution in [-0.2, 0) is 0 Å². The zero-order valence-electron chi connectivity index (χ0n) is 10.1. The van der Waals surface area contributed by atoms with Crippen molar-refractivity contribution < 1.29 is 9.13 Å². The van der Waals surface area contributed by atoms with Crippen LogP contribution in [0.1, 0.15) is 6.92 Å². The second-order valence-corrected chi connectivity index (χ2v) is 4.40. The van der Waals surface area contributed by atoms with Gasteiger partial charge in [-0.25, -0.2) is 10.2 Å². The molecule has 3 N–H and O–H groups in total. The molecule has 0 aliphatic rings. The van der Waals surface area contributed by atoms with Crippen LogP contribution >= 0.6 is 11.8 Å². The van der Waals surface area contributed by atoms with Gasteiger partial charge < -0.3 is 4.74 Å². The lowest BCUT2D eigenvalue weighted by atomic mass is 10.4. The Morgan fingerprint density at radius 1 is 1.37 bits per heavy atom. The first-order valence-corrected chi connectivity index (χ1v) is 6.32. The van der Waals surface area contributed by atoms with E-state index in [0.29, 0.717) is 16.7 Å². The van der Waals surface area contributed by atoms with Gasteiger partial charge in [0.05, 0.1) is 6.61 Å². The van der Waals surface area contributed by atoms with Crippen LogP contribution in [0.2, 0.25) is 0 Å². The van der Waals surface area contributed by atoms with Crippen molar-refractivity contribution in [3.63, 3.8) is 0 Å². The van der Waals surface area contributed by atoms with Gasteiger partial charge in [-0.3, -0.25) is 5.43 Å². The summed E-state index contributed by atoms with van der Waals surface area (Å²) in [5.74, 6) is 5.15. The minimum Gasteiger partial charge on any atom is -0.464 e. The van der Waals surface area contributed by atoms with Crippen LogP contribution in [0.3, 0.4) is 0 Å². The lowest BCUT2D eigenvalue weighted by Gasteiger charge is -2.06. The molecule has 1 aromatic heterocycles. The second-order valence-electron chi connectivity index (χ2n) is 3.36. The van der Waals surface area contributed by atoms with Gasteiger partial charge in [-0.2, -0.15) is 15.0 Å². The third-order valence-corrected chi connectivity index (χ3v) is 2.86. The number of hydrazine groups is 1. The maximum Gasteiger partial charge on any atom is 0.322 e. The van der Waals surface area contributed by atoms with Crippen LogP contribution in [0, 0.1) is 5.82 Å². The van der Waals surface area contributed by atoms with E-state index in [1.807, 2.05) is 6.92 Å². The summed E-state index contributed by atoms with van der Waals surface area (Å²) in [6.07, 6.45) is 0. The van der Waals surface area contributed by atoms with Crippen LogP contribution in [0.5, 0.6) is 6.01 Å². The Hall–Kier alpha value is -1.93. The molecule has 100 valence electrons. The molecule has 0 atom stereocenters. The lowest BCUT2D eigenvalue weighted by molar-refractivity contribution is 0.308. The SMILES string of the molecule is CCOc1nc(NN)nc(Sc2cccc(F)c2)n1. The molecule has 1 heterocycles. The van der Waals surface area contributed by atoms with Gasteiger partial charge in [0.1, 0.15) is 5.82 Å². The number of aromatic nitrogens is 3. The maximum atomic E-state index is 13.1. The van der Waals surface area contributed by atoms with E-state index in [1.54, 1.807) is 12.1 Å². The highest BCUT2D eigenvalue weighted by Gasteiger charge is 2.08. The van der Waals surface area contributed by atoms with Crippen molar-refractivity contribution in [2.75, 3.05) is 12.0 Å². The van der Waals surface area contributed by atoms with Gasteiger partial charge in [0, 0.05) is 4.90 Å². The monoisotopic (exact) mass is 281 g/mol. The second kappa shape index (κ2) is 6.30. The van der Waals surface area contributed by atoms with Crippen molar-refractivity contribution in [2.45, 2.75) is 17.0 Å². The fourth-order valence-corrected chi connectivity index (χ4v) is 2.06. The highest BCUT2D eigenvalue weighted by molar-refractivity contribution is 7.99. The van der Waals surface area contributed by atoms with Crippen molar-refractivity contribution in [2.24, 2.45) is 5.84 Å². The minimum atomic E-state index is -0.318. The first-order chi connectivity index (χ1) is 9.21. The van der Waals surface area contributed by atoms with Crippen LogP contribution in [0.15, 0.2) is 34.3 Å². The largest absolute Gasteiger partial charge is 0.464 e. The quantitative estimate of drug-likeness (QED) is 0.639.